The predicted molar refractivity (Wildman–Crippen MR) is 78.9 cm³/mol. The molecule has 2 heterocycles. The van der Waals surface area contributed by atoms with Crippen LogP contribution in [-0.4, -0.2) is 0 Å². The minimum Gasteiger partial charge on any atom is -0.469 e. The number of aryl methyl sites for hydroxylation is 1. The molecule has 3 nitrogen and oxygen atoms in total. The molecule has 4 heteroatoms. The lowest BCUT2D eigenvalue weighted by molar-refractivity contribution is 0.460. The molecule has 2 aromatic heterocycles. The molecule has 1 aromatic carbocycles. The van der Waals surface area contributed by atoms with Gasteiger partial charge in [0.05, 0.1) is 6.26 Å². The van der Waals surface area contributed by atoms with Gasteiger partial charge in [0.15, 0.2) is 0 Å². The van der Waals surface area contributed by atoms with Crippen LogP contribution < -0.4 is 11.3 Å². The molecular weight excluding hydrogens is 256 g/mol. The molecule has 3 aromatic rings. The molecule has 0 aliphatic heterocycles. The topological polar surface area (TPSA) is 51.2 Å². The summed E-state index contributed by atoms with van der Waals surface area (Å²) in [5, 5.41) is 3.40. The number of hydrogen-bond acceptors (Lipinski definition) is 4. The zero-order valence-electron chi connectivity index (χ0n) is 10.5. The number of fused-ring (bicyclic) bond motifs is 1. The summed E-state index contributed by atoms with van der Waals surface area (Å²) < 4.78 is 6.68. The van der Waals surface area contributed by atoms with E-state index in [4.69, 9.17) is 10.3 Å². The van der Waals surface area contributed by atoms with Crippen LogP contribution >= 0.6 is 11.3 Å². The van der Waals surface area contributed by atoms with Crippen LogP contribution in [0.1, 0.15) is 23.8 Å². The average molecular weight is 272 g/mol. The van der Waals surface area contributed by atoms with Crippen molar-refractivity contribution >= 4 is 21.4 Å². The van der Waals surface area contributed by atoms with Gasteiger partial charge >= 0.3 is 0 Å². The maximum absolute atomic E-state index is 5.73. The molecule has 0 aliphatic rings. The number of nitrogens with one attached hydrogen (secondary N) is 1. The summed E-state index contributed by atoms with van der Waals surface area (Å²) in [5.74, 6) is 6.73. The van der Waals surface area contributed by atoms with Gasteiger partial charge < -0.3 is 4.42 Å². The number of benzene rings is 1. The second-order valence-corrected chi connectivity index (χ2v) is 5.44. The van der Waals surface area contributed by atoms with E-state index in [1.165, 1.54) is 15.6 Å². The first-order chi connectivity index (χ1) is 9.38. The van der Waals surface area contributed by atoms with Gasteiger partial charge in [-0.15, -0.1) is 11.3 Å². The highest BCUT2D eigenvalue weighted by molar-refractivity contribution is 7.17. The van der Waals surface area contributed by atoms with Crippen LogP contribution in [0.3, 0.4) is 0 Å². The van der Waals surface area contributed by atoms with Gasteiger partial charge in [0.25, 0.3) is 0 Å². The van der Waals surface area contributed by atoms with Gasteiger partial charge in [-0.3, -0.25) is 11.3 Å². The van der Waals surface area contributed by atoms with E-state index in [1.807, 2.05) is 12.1 Å². The Morgan fingerprint density at radius 2 is 2.16 bits per heavy atom. The second kappa shape index (κ2) is 5.57. The van der Waals surface area contributed by atoms with Crippen LogP contribution in [0.15, 0.2) is 52.5 Å². The molecule has 0 saturated carbocycles. The number of nitrogens with two attached hydrogens (primary N) is 1. The summed E-state index contributed by atoms with van der Waals surface area (Å²) in [6.45, 7) is 0. The van der Waals surface area contributed by atoms with Crippen LogP contribution in [0.4, 0.5) is 0 Å². The van der Waals surface area contributed by atoms with Crippen LogP contribution in [0.25, 0.3) is 10.1 Å². The first kappa shape index (κ1) is 12.4. The Balaban J connectivity index is 1.83. The molecule has 1 unspecified atom stereocenters. The van der Waals surface area contributed by atoms with Crippen LogP contribution in [-0.2, 0) is 6.42 Å². The lowest BCUT2D eigenvalue weighted by Crippen LogP contribution is -2.28. The number of thiophene rings is 1. The SMILES string of the molecule is NNC(CCc1ccco1)c1cccc2ccsc12. The summed E-state index contributed by atoms with van der Waals surface area (Å²) in [4.78, 5) is 0. The lowest BCUT2D eigenvalue weighted by Gasteiger charge is -2.16. The number of furan rings is 1. The Hall–Kier alpha value is -1.62. The van der Waals surface area contributed by atoms with Crippen molar-refractivity contribution in [3.05, 3.63) is 59.4 Å². The first-order valence-corrected chi connectivity index (χ1v) is 7.21. The summed E-state index contributed by atoms with van der Waals surface area (Å²) >= 11 is 1.76. The molecular formula is C15H16N2OS. The summed E-state index contributed by atoms with van der Waals surface area (Å²) in [5.41, 5.74) is 4.19. The van der Waals surface area contributed by atoms with Crippen LogP contribution in [0.2, 0.25) is 0 Å². The Labute approximate surface area is 116 Å². The van der Waals surface area contributed by atoms with Crippen molar-refractivity contribution < 1.29 is 4.42 Å². The fourth-order valence-electron chi connectivity index (χ4n) is 2.36. The Morgan fingerprint density at radius 3 is 2.95 bits per heavy atom. The molecule has 0 saturated heterocycles. The van der Waals surface area contributed by atoms with Crippen molar-refractivity contribution in [3.8, 4) is 0 Å². The van der Waals surface area contributed by atoms with E-state index in [9.17, 15) is 0 Å². The van der Waals surface area contributed by atoms with Crippen LogP contribution in [0.5, 0.6) is 0 Å². The van der Waals surface area contributed by atoms with Crippen molar-refractivity contribution in [3.63, 3.8) is 0 Å². The maximum atomic E-state index is 5.73. The third kappa shape index (κ3) is 2.56. The largest absolute Gasteiger partial charge is 0.469 e. The van der Waals surface area contributed by atoms with Gasteiger partial charge in [-0.25, -0.2) is 0 Å². The molecule has 0 bridgehead atoms. The van der Waals surface area contributed by atoms with Gasteiger partial charge in [0, 0.05) is 17.2 Å². The molecule has 0 fully saturated rings. The van der Waals surface area contributed by atoms with E-state index < -0.39 is 0 Å². The normalized spacial score (nSPS) is 12.9. The van der Waals surface area contributed by atoms with Gasteiger partial charge in [-0.2, -0.15) is 0 Å². The molecule has 3 rings (SSSR count). The quantitative estimate of drug-likeness (QED) is 0.551. The molecule has 98 valence electrons. The van der Waals surface area contributed by atoms with E-state index in [0.29, 0.717) is 0 Å². The predicted octanol–water partition coefficient (Wildman–Crippen LogP) is 3.63. The third-order valence-corrected chi connectivity index (χ3v) is 4.32. The van der Waals surface area contributed by atoms with Gasteiger partial charge in [0.2, 0.25) is 0 Å². The molecule has 0 radical (unpaired) electrons. The average Bonchev–Trinajstić information content (AvgIpc) is 3.10. The molecule has 0 aliphatic carbocycles. The Bertz CT molecular complexity index is 645. The van der Waals surface area contributed by atoms with Crippen molar-refractivity contribution in [2.75, 3.05) is 0 Å². The summed E-state index contributed by atoms with van der Waals surface area (Å²) in [6, 6.07) is 12.6. The molecule has 1 atom stereocenters. The fourth-order valence-corrected chi connectivity index (χ4v) is 3.33. The first-order valence-electron chi connectivity index (χ1n) is 6.33. The molecule has 19 heavy (non-hydrogen) atoms. The smallest absolute Gasteiger partial charge is 0.103 e. The number of hydrazine groups is 1. The van der Waals surface area contributed by atoms with Gasteiger partial charge in [-0.05, 0) is 40.9 Å². The summed E-state index contributed by atoms with van der Waals surface area (Å²) in [7, 11) is 0. The number of rotatable bonds is 5. The van der Waals surface area contributed by atoms with Crippen molar-refractivity contribution in [1.82, 2.24) is 5.43 Å². The Morgan fingerprint density at radius 1 is 1.21 bits per heavy atom. The van der Waals surface area contributed by atoms with E-state index >= 15 is 0 Å². The minimum atomic E-state index is 0.146. The van der Waals surface area contributed by atoms with Gasteiger partial charge in [0.1, 0.15) is 5.76 Å². The minimum absolute atomic E-state index is 0.146. The third-order valence-electron chi connectivity index (χ3n) is 3.35. The van der Waals surface area contributed by atoms with Crippen molar-refractivity contribution in [2.45, 2.75) is 18.9 Å². The van der Waals surface area contributed by atoms with Crippen LogP contribution in [0, 0.1) is 0 Å². The summed E-state index contributed by atoms with van der Waals surface area (Å²) in [6.07, 6.45) is 3.50. The van der Waals surface area contributed by atoms with Crippen molar-refractivity contribution in [1.29, 1.82) is 0 Å². The molecule has 0 spiro atoms. The monoisotopic (exact) mass is 272 g/mol. The highest BCUT2D eigenvalue weighted by Gasteiger charge is 2.14. The highest BCUT2D eigenvalue weighted by atomic mass is 32.1. The highest BCUT2D eigenvalue weighted by Crippen LogP contribution is 2.30. The molecule has 0 amide bonds. The second-order valence-electron chi connectivity index (χ2n) is 4.52. The lowest BCUT2D eigenvalue weighted by atomic mass is 10.0. The zero-order valence-corrected chi connectivity index (χ0v) is 11.3. The van der Waals surface area contributed by atoms with E-state index in [2.05, 4.69) is 35.1 Å². The Kier molecular flexibility index (Phi) is 3.64. The van der Waals surface area contributed by atoms with E-state index in [1.54, 1.807) is 17.6 Å². The van der Waals surface area contributed by atoms with Crippen molar-refractivity contribution in [2.24, 2.45) is 5.84 Å². The van der Waals surface area contributed by atoms with E-state index in [0.717, 1.165) is 18.6 Å². The maximum Gasteiger partial charge on any atom is 0.103 e. The fraction of sp³-hybridized carbons (Fsp3) is 0.200. The molecule has 3 N–H and O–H groups in total. The van der Waals surface area contributed by atoms with E-state index in [-0.39, 0.29) is 6.04 Å². The zero-order chi connectivity index (χ0) is 13.1. The van der Waals surface area contributed by atoms with Gasteiger partial charge in [-0.1, -0.05) is 18.2 Å². The number of hydrogen-bond donors (Lipinski definition) is 2. The standard InChI is InChI=1S/C15H16N2OS/c16-17-14(7-6-12-4-2-9-18-12)13-5-1-3-11-8-10-19-15(11)13/h1-5,8-10,14,17H,6-7,16H2.